The molecule has 2 aromatic rings. The molecule has 0 radical (unpaired) electrons. The van der Waals surface area contributed by atoms with E-state index in [9.17, 15) is 4.79 Å². The normalized spacial score (nSPS) is 16.1. The van der Waals surface area contributed by atoms with Gasteiger partial charge in [-0.15, -0.1) is 0 Å². The Bertz CT molecular complexity index is 788. The summed E-state index contributed by atoms with van der Waals surface area (Å²) < 4.78 is 16.5. The molecule has 2 aliphatic heterocycles. The number of amides is 1. The van der Waals surface area contributed by atoms with Gasteiger partial charge in [-0.25, -0.2) is 4.98 Å². The fourth-order valence-electron chi connectivity index (χ4n) is 3.17. The second-order valence-electron chi connectivity index (χ2n) is 6.49. The third-order valence-corrected chi connectivity index (χ3v) is 4.65. The van der Waals surface area contributed by atoms with E-state index in [4.69, 9.17) is 14.2 Å². The number of morpholine rings is 1. The monoisotopic (exact) mass is 369 g/mol. The van der Waals surface area contributed by atoms with Crippen molar-refractivity contribution in [2.45, 2.75) is 6.42 Å². The van der Waals surface area contributed by atoms with E-state index in [1.807, 2.05) is 30.3 Å². The molecule has 4 rings (SSSR count). The molecule has 1 saturated heterocycles. The minimum absolute atomic E-state index is 0.117. The van der Waals surface area contributed by atoms with E-state index in [0.717, 1.165) is 42.4 Å². The van der Waals surface area contributed by atoms with E-state index in [-0.39, 0.29) is 5.91 Å². The minimum Gasteiger partial charge on any atom is -0.486 e. The molecule has 0 atom stereocenters. The molecule has 1 aromatic heterocycles. The highest BCUT2D eigenvalue weighted by molar-refractivity contribution is 5.94. The summed E-state index contributed by atoms with van der Waals surface area (Å²) in [6, 6.07) is 9.59. The number of pyridine rings is 1. The SMILES string of the molecule is O=C(NCCc1ccc2c(c1)OCCO2)c1ccc(N2CCOCC2)nc1. The van der Waals surface area contributed by atoms with Crippen LogP contribution in [0.1, 0.15) is 15.9 Å². The summed E-state index contributed by atoms with van der Waals surface area (Å²) in [6.45, 7) is 4.78. The molecule has 1 amide bonds. The molecular weight excluding hydrogens is 346 g/mol. The lowest BCUT2D eigenvalue weighted by atomic mass is 10.1. The van der Waals surface area contributed by atoms with Gasteiger partial charge in [-0.3, -0.25) is 4.79 Å². The second-order valence-corrected chi connectivity index (χ2v) is 6.49. The van der Waals surface area contributed by atoms with Crippen LogP contribution in [0.4, 0.5) is 5.82 Å². The Kier molecular flexibility index (Phi) is 5.39. The quantitative estimate of drug-likeness (QED) is 0.864. The molecule has 0 saturated carbocycles. The Balaban J connectivity index is 1.29. The average molecular weight is 369 g/mol. The topological polar surface area (TPSA) is 72.9 Å². The predicted molar refractivity (Wildman–Crippen MR) is 101 cm³/mol. The Morgan fingerprint density at radius 3 is 2.63 bits per heavy atom. The van der Waals surface area contributed by atoms with Gasteiger partial charge in [0, 0.05) is 25.8 Å². The zero-order chi connectivity index (χ0) is 18.5. The summed E-state index contributed by atoms with van der Waals surface area (Å²) in [5.41, 5.74) is 1.66. The van der Waals surface area contributed by atoms with E-state index >= 15 is 0 Å². The lowest BCUT2D eigenvalue weighted by Crippen LogP contribution is -2.36. The van der Waals surface area contributed by atoms with Crippen molar-refractivity contribution in [1.82, 2.24) is 10.3 Å². The van der Waals surface area contributed by atoms with Gasteiger partial charge in [0.15, 0.2) is 11.5 Å². The van der Waals surface area contributed by atoms with Crippen LogP contribution in [0.2, 0.25) is 0 Å². The van der Waals surface area contributed by atoms with Gasteiger partial charge in [-0.2, -0.15) is 0 Å². The molecule has 1 N–H and O–H groups in total. The van der Waals surface area contributed by atoms with Crippen LogP contribution >= 0.6 is 0 Å². The number of benzene rings is 1. The minimum atomic E-state index is -0.117. The number of anilines is 1. The van der Waals surface area contributed by atoms with Gasteiger partial charge in [0.1, 0.15) is 19.0 Å². The Morgan fingerprint density at radius 2 is 1.85 bits per heavy atom. The van der Waals surface area contributed by atoms with Crippen LogP contribution in [0.15, 0.2) is 36.5 Å². The first-order valence-electron chi connectivity index (χ1n) is 9.25. The van der Waals surface area contributed by atoms with Gasteiger partial charge in [-0.05, 0) is 36.2 Å². The molecule has 3 heterocycles. The summed E-state index contributed by atoms with van der Waals surface area (Å²) in [7, 11) is 0. The molecule has 0 bridgehead atoms. The number of hydrogen-bond donors (Lipinski definition) is 1. The molecule has 2 aliphatic rings. The number of carbonyl (C=O) groups excluding carboxylic acids is 1. The van der Waals surface area contributed by atoms with Crippen molar-refractivity contribution in [1.29, 1.82) is 0 Å². The zero-order valence-corrected chi connectivity index (χ0v) is 15.1. The van der Waals surface area contributed by atoms with E-state index in [2.05, 4.69) is 15.2 Å². The van der Waals surface area contributed by atoms with Crippen LogP contribution < -0.4 is 19.7 Å². The van der Waals surface area contributed by atoms with Crippen molar-refractivity contribution in [3.63, 3.8) is 0 Å². The van der Waals surface area contributed by atoms with Crippen molar-refractivity contribution in [3.05, 3.63) is 47.7 Å². The largest absolute Gasteiger partial charge is 0.486 e. The molecule has 0 unspecified atom stereocenters. The number of nitrogens with one attached hydrogen (secondary N) is 1. The highest BCUT2D eigenvalue weighted by Crippen LogP contribution is 2.30. The zero-order valence-electron chi connectivity index (χ0n) is 15.1. The Labute approximate surface area is 158 Å². The molecule has 0 aliphatic carbocycles. The van der Waals surface area contributed by atoms with Crippen LogP contribution in [0, 0.1) is 0 Å². The van der Waals surface area contributed by atoms with Gasteiger partial charge in [0.25, 0.3) is 5.91 Å². The van der Waals surface area contributed by atoms with Gasteiger partial charge < -0.3 is 24.4 Å². The molecule has 7 heteroatoms. The first-order valence-corrected chi connectivity index (χ1v) is 9.25. The number of rotatable bonds is 5. The first kappa shape index (κ1) is 17.6. The molecule has 142 valence electrons. The highest BCUT2D eigenvalue weighted by Gasteiger charge is 2.14. The number of fused-ring (bicyclic) bond motifs is 1. The first-order chi connectivity index (χ1) is 13.3. The van der Waals surface area contributed by atoms with Crippen molar-refractivity contribution in [3.8, 4) is 11.5 Å². The number of hydrogen-bond acceptors (Lipinski definition) is 6. The van der Waals surface area contributed by atoms with Crippen LogP contribution in [0.5, 0.6) is 11.5 Å². The predicted octanol–water partition coefficient (Wildman–Crippen LogP) is 1.66. The number of aromatic nitrogens is 1. The van der Waals surface area contributed by atoms with Crippen LogP contribution in [-0.4, -0.2) is 57.0 Å². The van der Waals surface area contributed by atoms with E-state index < -0.39 is 0 Å². The molecule has 7 nitrogen and oxygen atoms in total. The molecule has 27 heavy (non-hydrogen) atoms. The second kappa shape index (κ2) is 8.26. The van der Waals surface area contributed by atoms with Crippen molar-refractivity contribution < 1.29 is 19.0 Å². The van der Waals surface area contributed by atoms with E-state index in [0.29, 0.717) is 38.5 Å². The summed E-state index contributed by atoms with van der Waals surface area (Å²) in [4.78, 5) is 18.9. The van der Waals surface area contributed by atoms with Crippen LogP contribution in [0.25, 0.3) is 0 Å². The third kappa shape index (κ3) is 4.31. The van der Waals surface area contributed by atoms with Crippen molar-refractivity contribution in [2.75, 3.05) is 51.0 Å². The summed E-state index contributed by atoms with van der Waals surface area (Å²) in [5.74, 6) is 2.31. The standard InChI is InChI=1S/C20H23N3O4/c24-20(16-2-4-19(22-14-16)23-7-9-25-10-8-23)21-6-5-15-1-3-17-18(13-15)27-12-11-26-17/h1-4,13-14H,5-12H2,(H,21,24). The smallest absolute Gasteiger partial charge is 0.252 e. The summed E-state index contributed by atoms with van der Waals surface area (Å²) in [5, 5.41) is 2.94. The van der Waals surface area contributed by atoms with Gasteiger partial charge in [0.05, 0.1) is 18.8 Å². The summed E-state index contributed by atoms with van der Waals surface area (Å²) >= 11 is 0. The number of carbonyl (C=O) groups is 1. The lowest BCUT2D eigenvalue weighted by Gasteiger charge is -2.27. The van der Waals surface area contributed by atoms with Crippen LogP contribution in [0.3, 0.4) is 0 Å². The summed E-state index contributed by atoms with van der Waals surface area (Å²) in [6.07, 6.45) is 2.35. The van der Waals surface area contributed by atoms with E-state index in [1.54, 1.807) is 6.20 Å². The number of nitrogens with zero attached hydrogens (tertiary/aromatic N) is 2. The van der Waals surface area contributed by atoms with Gasteiger partial charge >= 0.3 is 0 Å². The van der Waals surface area contributed by atoms with Crippen LogP contribution in [-0.2, 0) is 11.2 Å². The van der Waals surface area contributed by atoms with Gasteiger partial charge in [-0.1, -0.05) is 6.07 Å². The maximum absolute atomic E-state index is 12.3. The number of ether oxygens (including phenoxy) is 3. The molecule has 0 spiro atoms. The van der Waals surface area contributed by atoms with Crippen molar-refractivity contribution in [2.24, 2.45) is 0 Å². The van der Waals surface area contributed by atoms with Crippen molar-refractivity contribution >= 4 is 11.7 Å². The molecule has 1 aromatic carbocycles. The highest BCUT2D eigenvalue weighted by atomic mass is 16.6. The third-order valence-electron chi connectivity index (χ3n) is 4.65. The fourth-order valence-corrected chi connectivity index (χ4v) is 3.17. The average Bonchev–Trinajstić information content (AvgIpc) is 2.74. The van der Waals surface area contributed by atoms with E-state index in [1.165, 1.54) is 0 Å². The fraction of sp³-hybridized carbons (Fsp3) is 0.400. The Hall–Kier alpha value is -2.80. The maximum Gasteiger partial charge on any atom is 0.252 e. The lowest BCUT2D eigenvalue weighted by molar-refractivity contribution is 0.0953. The Morgan fingerprint density at radius 1 is 1.04 bits per heavy atom. The van der Waals surface area contributed by atoms with Gasteiger partial charge in [0.2, 0.25) is 0 Å². The molecule has 1 fully saturated rings. The maximum atomic E-state index is 12.3. The molecular formula is C20H23N3O4.